The lowest BCUT2D eigenvalue weighted by molar-refractivity contribution is 0.0725. The molecule has 0 amide bonds. The van der Waals surface area contributed by atoms with E-state index in [9.17, 15) is 0 Å². The second-order valence-electron chi connectivity index (χ2n) is 5.13. The fraction of sp³-hybridized carbons (Fsp3) is 0.176. The summed E-state index contributed by atoms with van der Waals surface area (Å²) in [6.07, 6.45) is -0.169. The van der Waals surface area contributed by atoms with Crippen LogP contribution in [0.4, 0.5) is 0 Å². The number of ether oxygens (including phenoxy) is 2. The lowest BCUT2D eigenvalue weighted by atomic mass is 10.0. The predicted octanol–water partition coefficient (Wildman–Crippen LogP) is 3.74. The van der Waals surface area contributed by atoms with Gasteiger partial charge in [0.05, 0.1) is 6.04 Å². The molecule has 2 aromatic carbocycles. The highest BCUT2D eigenvalue weighted by Crippen LogP contribution is 2.36. The Balaban J connectivity index is 1.65. The summed E-state index contributed by atoms with van der Waals surface area (Å²) < 4.78 is 13.0. The highest BCUT2D eigenvalue weighted by molar-refractivity contribution is 7.17. The molecule has 106 valence electrons. The van der Waals surface area contributed by atoms with Crippen molar-refractivity contribution in [2.75, 3.05) is 6.61 Å². The molecule has 2 heterocycles. The molecule has 1 aliphatic heterocycles. The molecule has 3 nitrogen and oxygen atoms in total. The van der Waals surface area contributed by atoms with Crippen molar-refractivity contribution < 1.29 is 9.47 Å². The third-order valence-electron chi connectivity index (χ3n) is 3.80. The van der Waals surface area contributed by atoms with Crippen LogP contribution >= 0.6 is 11.3 Å². The first-order valence-corrected chi connectivity index (χ1v) is 7.81. The van der Waals surface area contributed by atoms with Crippen LogP contribution in [-0.4, -0.2) is 12.7 Å². The van der Waals surface area contributed by atoms with Gasteiger partial charge in [0, 0.05) is 4.70 Å². The van der Waals surface area contributed by atoms with Crippen LogP contribution in [-0.2, 0) is 0 Å². The molecule has 2 unspecified atom stereocenters. The van der Waals surface area contributed by atoms with Gasteiger partial charge in [-0.05, 0) is 34.5 Å². The molecule has 2 N–H and O–H groups in total. The van der Waals surface area contributed by atoms with E-state index in [1.807, 2.05) is 36.4 Å². The van der Waals surface area contributed by atoms with Gasteiger partial charge in [-0.1, -0.05) is 30.3 Å². The Hall–Kier alpha value is -2.04. The van der Waals surface area contributed by atoms with Gasteiger partial charge in [0.25, 0.3) is 0 Å². The predicted molar refractivity (Wildman–Crippen MR) is 85.1 cm³/mol. The molecule has 0 saturated carbocycles. The number of hydrogen-bond acceptors (Lipinski definition) is 4. The molecule has 1 aliphatic rings. The van der Waals surface area contributed by atoms with Gasteiger partial charge in [-0.2, -0.15) is 0 Å². The maximum absolute atomic E-state index is 6.44. The Morgan fingerprint density at radius 1 is 1.05 bits per heavy atom. The Morgan fingerprint density at radius 2 is 1.81 bits per heavy atom. The van der Waals surface area contributed by atoms with Crippen molar-refractivity contribution in [1.82, 2.24) is 0 Å². The summed E-state index contributed by atoms with van der Waals surface area (Å²) in [5, 5.41) is 3.33. The van der Waals surface area contributed by atoms with E-state index in [0.717, 1.165) is 17.1 Å². The normalized spacial score (nSPS) is 18.6. The van der Waals surface area contributed by atoms with Crippen molar-refractivity contribution >= 4 is 21.4 Å². The van der Waals surface area contributed by atoms with Gasteiger partial charge in [-0.15, -0.1) is 11.3 Å². The van der Waals surface area contributed by atoms with E-state index >= 15 is 0 Å². The zero-order valence-electron chi connectivity index (χ0n) is 11.4. The maximum Gasteiger partial charge on any atom is 0.161 e. The molecule has 4 heteroatoms. The smallest absolute Gasteiger partial charge is 0.161 e. The van der Waals surface area contributed by atoms with Gasteiger partial charge in [0.2, 0.25) is 0 Å². The van der Waals surface area contributed by atoms with Gasteiger partial charge in [-0.25, -0.2) is 0 Å². The van der Waals surface area contributed by atoms with Gasteiger partial charge in [0.15, 0.2) is 17.6 Å². The summed E-state index contributed by atoms with van der Waals surface area (Å²) in [6.45, 7) is 0.475. The number of fused-ring (bicyclic) bond motifs is 2. The molecule has 0 fully saturated rings. The van der Waals surface area contributed by atoms with E-state index in [4.69, 9.17) is 15.2 Å². The molecule has 21 heavy (non-hydrogen) atoms. The first-order chi connectivity index (χ1) is 10.3. The standard InChI is InChI=1S/C17H15NO2S/c18-17(12-10-21-16-8-4-1-5-11(12)16)15-9-19-13-6-2-3-7-14(13)20-15/h1-8,10,15,17H,9,18H2. The first kappa shape index (κ1) is 12.7. The molecule has 4 rings (SSSR count). The number of nitrogens with two attached hydrogens (primary N) is 1. The number of hydrogen-bond donors (Lipinski definition) is 1. The number of para-hydroxylation sites is 2. The average Bonchev–Trinajstić information content (AvgIpc) is 2.98. The summed E-state index contributed by atoms with van der Waals surface area (Å²) in [4.78, 5) is 0. The zero-order chi connectivity index (χ0) is 14.2. The van der Waals surface area contributed by atoms with Gasteiger partial charge in [-0.3, -0.25) is 0 Å². The van der Waals surface area contributed by atoms with Crippen LogP contribution in [0, 0.1) is 0 Å². The third kappa shape index (κ3) is 2.17. The van der Waals surface area contributed by atoms with E-state index in [1.54, 1.807) is 11.3 Å². The summed E-state index contributed by atoms with van der Waals surface area (Å²) >= 11 is 1.72. The van der Waals surface area contributed by atoms with E-state index < -0.39 is 0 Å². The van der Waals surface area contributed by atoms with Crippen LogP contribution in [0.15, 0.2) is 53.9 Å². The van der Waals surface area contributed by atoms with Crippen LogP contribution in [0.5, 0.6) is 11.5 Å². The Morgan fingerprint density at radius 3 is 2.71 bits per heavy atom. The number of benzene rings is 2. The van der Waals surface area contributed by atoms with Crippen molar-refractivity contribution in [3.63, 3.8) is 0 Å². The monoisotopic (exact) mass is 297 g/mol. The second-order valence-corrected chi connectivity index (χ2v) is 6.04. The zero-order valence-corrected chi connectivity index (χ0v) is 12.2. The molecule has 0 bridgehead atoms. The summed E-state index contributed by atoms with van der Waals surface area (Å²) in [5.41, 5.74) is 7.57. The van der Waals surface area contributed by atoms with Crippen LogP contribution < -0.4 is 15.2 Å². The summed E-state index contributed by atoms with van der Waals surface area (Å²) in [6, 6.07) is 15.8. The van der Waals surface area contributed by atoms with Crippen LogP contribution in [0.1, 0.15) is 11.6 Å². The van der Waals surface area contributed by atoms with E-state index in [0.29, 0.717) is 6.61 Å². The minimum absolute atomic E-state index is 0.169. The summed E-state index contributed by atoms with van der Waals surface area (Å²) in [5.74, 6) is 1.56. The summed E-state index contributed by atoms with van der Waals surface area (Å²) in [7, 11) is 0. The van der Waals surface area contributed by atoms with Crippen LogP contribution in [0.3, 0.4) is 0 Å². The molecular formula is C17H15NO2S. The highest BCUT2D eigenvalue weighted by Gasteiger charge is 2.28. The van der Waals surface area contributed by atoms with Gasteiger partial charge >= 0.3 is 0 Å². The van der Waals surface area contributed by atoms with Crippen molar-refractivity contribution in [2.24, 2.45) is 5.73 Å². The SMILES string of the molecule is NC(c1csc2ccccc12)C1COc2ccccc2O1. The van der Waals surface area contributed by atoms with Crippen molar-refractivity contribution in [2.45, 2.75) is 12.1 Å². The van der Waals surface area contributed by atoms with E-state index in [-0.39, 0.29) is 12.1 Å². The molecule has 0 spiro atoms. The average molecular weight is 297 g/mol. The Bertz CT molecular complexity index is 783. The van der Waals surface area contributed by atoms with Gasteiger partial charge < -0.3 is 15.2 Å². The Labute approximate surface area is 126 Å². The number of rotatable bonds is 2. The quantitative estimate of drug-likeness (QED) is 0.783. The van der Waals surface area contributed by atoms with Crippen LogP contribution in [0.25, 0.3) is 10.1 Å². The van der Waals surface area contributed by atoms with Crippen molar-refractivity contribution in [1.29, 1.82) is 0 Å². The Kier molecular flexibility index (Phi) is 3.05. The maximum atomic E-state index is 6.44. The largest absolute Gasteiger partial charge is 0.486 e. The highest BCUT2D eigenvalue weighted by atomic mass is 32.1. The fourth-order valence-corrected chi connectivity index (χ4v) is 3.68. The topological polar surface area (TPSA) is 44.5 Å². The van der Waals surface area contributed by atoms with E-state index in [2.05, 4.69) is 17.5 Å². The minimum Gasteiger partial charge on any atom is -0.486 e. The minimum atomic E-state index is -0.200. The first-order valence-electron chi connectivity index (χ1n) is 6.93. The lowest BCUT2D eigenvalue weighted by Gasteiger charge is -2.30. The van der Waals surface area contributed by atoms with Gasteiger partial charge in [0.1, 0.15) is 6.61 Å². The molecule has 2 atom stereocenters. The van der Waals surface area contributed by atoms with Crippen molar-refractivity contribution in [3.8, 4) is 11.5 Å². The lowest BCUT2D eigenvalue weighted by Crippen LogP contribution is -2.38. The molecule has 0 radical (unpaired) electrons. The third-order valence-corrected chi connectivity index (χ3v) is 4.78. The van der Waals surface area contributed by atoms with E-state index in [1.165, 1.54) is 10.1 Å². The molecule has 3 aromatic rings. The van der Waals surface area contributed by atoms with Crippen molar-refractivity contribution in [3.05, 3.63) is 59.5 Å². The second kappa shape index (κ2) is 5.06. The number of thiophene rings is 1. The molecule has 0 saturated heterocycles. The molecule has 0 aliphatic carbocycles. The molecule has 1 aromatic heterocycles. The van der Waals surface area contributed by atoms with Crippen LogP contribution in [0.2, 0.25) is 0 Å². The fourth-order valence-electron chi connectivity index (χ4n) is 2.67. The molecular weight excluding hydrogens is 282 g/mol.